The summed E-state index contributed by atoms with van der Waals surface area (Å²) in [5, 5.41) is 8.90. The summed E-state index contributed by atoms with van der Waals surface area (Å²) in [4.78, 5) is 8.64. The lowest BCUT2D eigenvalue weighted by molar-refractivity contribution is 0.813. The topological polar surface area (TPSA) is 54.5 Å². The van der Waals surface area contributed by atoms with Gasteiger partial charge in [-0.3, -0.25) is 0 Å². The number of nitriles is 1. The van der Waals surface area contributed by atoms with Crippen molar-refractivity contribution in [2.75, 3.05) is 0 Å². The average Bonchev–Trinajstić information content (AvgIpc) is 2.83. The van der Waals surface area contributed by atoms with E-state index in [1.165, 1.54) is 0 Å². The fourth-order valence-corrected chi connectivity index (χ4v) is 2.47. The van der Waals surface area contributed by atoms with E-state index in [1.807, 2.05) is 34.9 Å². The van der Waals surface area contributed by atoms with Crippen molar-refractivity contribution in [3.8, 4) is 6.07 Å². The summed E-state index contributed by atoms with van der Waals surface area (Å²) in [6.45, 7) is 0.678. The van der Waals surface area contributed by atoms with E-state index >= 15 is 0 Å². The van der Waals surface area contributed by atoms with Crippen LogP contribution in [0.25, 0.3) is 11.2 Å². The first kappa shape index (κ1) is 11.9. The molecule has 0 aliphatic carbocycles. The predicted molar refractivity (Wildman–Crippen MR) is 75.5 cm³/mol. The van der Waals surface area contributed by atoms with Crippen molar-refractivity contribution in [3.63, 3.8) is 0 Å². The molecule has 0 saturated carbocycles. The van der Waals surface area contributed by atoms with E-state index in [1.54, 1.807) is 12.5 Å². The summed E-state index contributed by atoms with van der Waals surface area (Å²) < 4.78 is 2.80. The molecule has 92 valence electrons. The molecular weight excluding hydrogens is 304 g/mol. The zero-order valence-corrected chi connectivity index (χ0v) is 11.5. The molecule has 0 amide bonds. The van der Waals surface area contributed by atoms with Crippen molar-refractivity contribution in [3.05, 3.63) is 58.5 Å². The van der Waals surface area contributed by atoms with Gasteiger partial charge in [0.15, 0.2) is 5.65 Å². The second kappa shape index (κ2) is 4.82. The summed E-state index contributed by atoms with van der Waals surface area (Å²) in [5.41, 5.74) is 3.48. The first-order valence-corrected chi connectivity index (χ1v) is 6.51. The number of aromatic nitrogens is 3. The van der Waals surface area contributed by atoms with Crippen LogP contribution in [0.4, 0.5) is 0 Å². The lowest BCUT2D eigenvalue weighted by Gasteiger charge is -2.05. The van der Waals surface area contributed by atoms with E-state index in [4.69, 9.17) is 5.26 Å². The predicted octanol–water partition coefficient (Wildman–Crippen LogP) is 3.11. The fourth-order valence-electron chi connectivity index (χ4n) is 1.96. The van der Waals surface area contributed by atoms with Crippen LogP contribution >= 0.6 is 15.9 Å². The molecule has 5 heteroatoms. The van der Waals surface area contributed by atoms with Gasteiger partial charge in [-0.05, 0) is 45.8 Å². The van der Waals surface area contributed by atoms with Crippen molar-refractivity contribution in [1.82, 2.24) is 14.5 Å². The third-order valence-corrected chi connectivity index (χ3v) is 3.54. The molecule has 19 heavy (non-hydrogen) atoms. The molecule has 3 aromatic rings. The Kier molecular flexibility index (Phi) is 3.02. The SMILES string of the molecule is N#Cc1ccc(Cn2cnc3cccnc32)cc1Br. The van der Waals surface area contributed by atoms with Crippen LogP contribution < -0.4 is 0 Å². The highest BCUT2D eigenvalue weighted by Crippen LogP contribution is 2.19. The molecule has 0 spiro atoms. The van der Waals surface area contributed by atoms with Crippen LogP contribution in [-0.4, -0.2) is 14.5 Å². The van der Waals surface area contributed by atoms with Crippen LogP contribution in [0, 0.1) is 11.3 Å². The summed E-state index contributed by atoms with van der Waals surface area (Å²) in [6, 6.07) is 11.6. The van der Waals surface area contributed by atoms with Gasteiger partial charge in [0.25, 0.3) is 0 Å². The summed E-state index contributed by atoms with van der Waals surface area (Å²) in [5.74, 6) is 0. The smallest absolute Gasteiger partial charge is 0.160 e. The third kappa shape index (κ3) is 2.23. The zero-order chi connectivity index (χ0) is 13.2. The fraction of sp³-hybridized carbons (Fsp3) is 0.0714. The van der Waals surface area contributed by atoms with Gasteiger partial charge >= 0.3 is 0 Å². The molecule has 0 aliphatic rings. The highest BCUT2D eigenvalue weighted by molar-refractivity contribution is 9.10. The van der Waals surface area contributed by atoms with Crippen LogP contribution in [0.2, 0.25) is 0 Å². The molecule has 0 radical (unpaired) electrons. The van der Waals surface area contributed by atoms with Crippen molar-refractivity contribution >= 4 is 27.1 Å². The average molecular weight is 313 g/mol. The Balaban J connectivity index is 1.97. The second-order valence-corrected chi connectivity index (χ2v) is 5.00. The number of imidazole rings is 1. The first-order valence-electron chi connectivity index (χ1n) is 5.72. The highest BCUT2D eigenvalue weighted by atomic mass is 79.9. The minimum atomic E-state index is 0.636. The Bertz CT molecular complexity index is 785. The maximum Gasteiger partial charge on any atom is 0.160 e. The lowest BCUT2D eigenvalue weighted by atomic mass is 10.1. The number of nitrogens with zero attached hydrogens (tertiary/aromatic N) is 4. The van der Waals surface area contributed by atoms with Crippen molar-refractivity contribution in [1.29, 1.82) is 5.26 Å². The number of hydrogen-bond donors (Lipinski definition) is 0. The number of pyridine rings is 1. The highest BCUT2D eigenvalue weighted by Gasteiger charge is 2.05. The van der Waals surface area contributed by atoms with Gasteiger partial charge in [-0.2, -0.15) is 5.26 Å². The number of fused-ring (bicyclic) bond motifs is 1. The van der Waals surface area contributed by atoms with E-state index in [0.29, 0.717) is 12.1 Å². The van der Waals surface area contributed by atoms with Gasteiger partial charge in [0.2, 0.25) is 0 Å². The van der Waals surface area contributed by atoms with Crippen LogP contribution in [0.5, 0.6) is 0 Å². The minimum absolute atomic E-state index is 0.636. The quantitative estimate of drug-likeness (QED) is 0.730. The van der Waals surface area contributed by atoms with E-state index in [2.05, 4.69) is 32.0 Å². The Morgan fingerprint density at radius 2 is 2.16 bits per heavy atom. The maximum absolute atomic E-state index is 8.90. The molecular formula is C14H9BrN4. The summed E-state index contributed by atoms with van der Waals surface area (Å²) in [7, 11) is 0. The van der Waals surface area contributed by atoms with Crippen LogP contribution in [0.1, 0.15) is 11.1 Å². The zero-order valence-electron chi connectivity index (χ0n) is 9.92. The number of rotatable bonds is 2. The van der Waals surface area contributed by atoms with Crippen molar-refractivity contribution < 1.29 is 0 Å². The molecule has 0 bridgehead atoms. The van der Waals surface area contributed by atoms with E-state index in [-0.39, 0.29) is 0 Å². The minimum Gasteiger partial charge on any atom is -0.311 e. The Morgan fingerprint density at radius 3 is 2.95 bits per heavy atom. The largest absolute Gasteiger partial charge is 0.311 e. The maximum atomic E-state index is 8.90. The van der Waals surface area contributed by atoms with Gasteiger partial charge in [-0.25, -0.2) is 9.97 Å². The number of halogens is 1. The normalized spacial score (nSPS) is 10.5. The second-order valence-electron chi connectivity index (χ2n) is 4.14. The van der Waals surface area contributed by atoms with E-state index < -0.39 is 0 Å². The molecule has 0 aliphatic heterocycles. The Labute approximate surface area is 118 Å². The van der Waals surface area contributed by atoms with E-state index in [9.17, 15) is 0 Å². The van der Waals surface area contributed by atoms with Gasteiger partial charge in [0.05, 0.1) is 18.4 Å². The Hall–Kier alpha value is -2.19. The first-order chi connectivity index (χ1) is 9.28. The summed E-state index contributed by atoms with van der Waals surface area (Å²) >= 11 is 3.40. The van der Waals surface area contributed by atoms with Crippen LogP contribution in [0.15, 0.2) is 47.3 Å². The van der Waals surface area contributed by atoms with Gasteiger partial charge in [0.1, 0.15) is 11.6 Å². The molecule has 0 N–H and O–H groups in total. The summed E-state index contributed by atoms with van der Waals surface area (Å²) in [6.07, 6.45) is 3.54. The third-order valence-electron chi connectivity index (χ3n) is 2.88. The monoisotopic (exact) mass is 312 g/mol. The molecule has 2 aromatic heterocycles. The number of benzene rings is 1. The molecule has 0 saturated heterocycles. The lowest BCUT2D eigenvalue weighted by Crippen LogP contribution is -1.99. The molecule has 3 rings (SSSR count). The van der Waals surface area contributed by atoms with Gasteiger partial charge < -0.3 is 4.57 Å². The van der Waals surface area contributed by atoms with Crippen LogP contribution in [-0.2, 0) is 6.54 Å². The molecule has 0 fully saturated rings. The molecule has 1 aromatic carbocycles. The molecule has 0 unspecified atom stereocenters. The standard InChI is InChI=1S/C14H9BrN4/c15-12-6-10(3-4-11(12)7-16)8-19-9-18-13-2-1-5-17-14(13)19/h1-6,9H,8H2. The van der Waals surface area contributed by atoms with Gasteiger partial charge in [-0.1, -0.05) is 6.07 Å². The molecule has 0 atom stereocenters. The van der Waals surface area contributed by atoms with E-state index in [0.717, 1.165) is 21.2 Å². The van der Waals surface area contributed by atoms with Crippen molar-refractivity contribution in [2.45, 2.75) is 6.54 Å². The van der Waals surface area contributed by atoms with Crippen LogP contribution in [0.3, 0.4) is 0 Å². The number of hydrogen-bond acceptors (Lipinski definition) is 3. The van der Waals surface area contributed by atoms with Crippen molar-refractivity contribution in [2.24, 2.45) is 0 Å². The van der Waals surface area contributed by atoms with Gasteiger partial charge in [-0.15, -0.1) is 0 Å². The molecule has 4 nitrogen and oxygen atoms in total. The Morgan fingerprint density at radius 1 is 1.26 bits per heavy atom. The molecule has 2 heterocycles. The van der Waals surface area contributed by atoms with Gasteiger partial charge in [0, 0.05) is 10.7 Å².